The molecule has 0 saturated heterocycles. The molecule has 1 N–H and O–H groups in total. The van der Waals surface area contributed by atoms with E-state index in [9.17, 15) is 19.7 Å². The molecule has 0 spiro atoms. The van der Waals surface area contributed by atoms with Crippen LogP contribution in [0.1, 0.15) is 17.0 Å². The summed E-state index contributed by atoms with van der Waals surface area (Å²) in [6.07, 6.45) is 4.56. The molecule has 0 unspecified atom stereocenters. The van der Waals surface area contributed by atoms with Crippen molar-refractivity contribution in [2.45, 2.75) is 13.1 Å². The number of amides is 1. The number of pyridine rings is 1. The van der Waals surface area contributed by atoms with Gasteiger partial charge in [0.1, 0.15) is 0 Å². The minimum absolute atomic E-state index is 0.0182. The average molecular weight is 441 g/mol. The zero-order chi connectivity index (χ0) is 23.2. The lowest BCUT2D eigenvalue weighted by atomic mass is 10.1. The van der Waals surface area contributed by atoms with E-state index in [4.69, 9.17) is 0 Å². The van der Waals surface area contributed by atoms with Gasteiger partial charge in [-0.25, -0.2) is 4.68 Å². The largest absolute Gasteiger partial charge is 0.347 e. The number of nitrogens with zero attached hydrogens (tertiary/aromatic N) is 4. The van der Waals surface area contributed by atoms with Gasteiger partial charge in [-0.1, -0.05) is 24.3 Å². The molecule has 2 aromatic carbocycles. The molecule has 33 heavy (non-hydrogen) atoms. The molecule has 2 heterocycles. The molecule has 0 fully saturated rings. The summed E-state index contributed by atoms with van der Waals surface area (Å²) in [5, 5.41) is 19.2. The predicted octanol–water partition coefficient (Wildman–Crippen LogP) is 3.08. The zero-order valence-electron chi connectivity index (χ0n) is 17.4. The first kappa shape index (κ1) is 21.6. The molecule has 9 heteroatoms. The minimum atomic E-state index is -0.481. The second-order valence-corrected chi connectivity index (χ2v) is 7.18. The van der Waals surface area contributed by atoms with Crippen LogP contribution in [0.25, 0.3) is 16.8 Å². The number of carbonyl (C=O) groups excluding carboxylic acids is 1. The van der Waals surface area contributed by atoms with Gasteiger partial charge in [0.25, 0.3) is 11.2 Å². The highest BCUT2D eigenvalue weighted by molar-refractivity contribution is 5.92. The number of hydrogen-bond donors (Lipinski definition) is 1. The molecule has 0 radical (unpaired) electrons. The smallest absolute Gasteiger partial charge is 0.275 e. The van der Waals surface area contributed by atoms with Crippen molar-refractivity contribution >= 4 is 28.4 Å². The lowest BCUT2D eigenvalue weighted by molar-refractivity contribution is -0.384. The molecule has 0 atom stereocenters. The van der Waals surface area contributed by atoms with Gasteiger partial charge in [-0.05, 0) is 42.0 Å². The third-order valence-electron chi connectivity index (χ3n) is 4.94. The molecule has 0 aliphatic heterocycles. The van der Waals surface area contributed by atoms with Crippen molar-refractivity contribution in [3.8, 4) is 0 Å². The van der Waals surface area contributed by atoms with E-state index < -0.39 is 4.92 Å². The Kier molecular flexibility index (Phi) is 6.31. The fourth-order valence-corrected chi connectivity index (χ4v) is 3.30. The Hall–Kier alpha value is -4.66. The number of nitrogens with one attached hydrogen (secondary N) is 1. The molecule has 0 aliphatic rings. The minimum Gasteiger partial charge on any atom is -0.347 e. The number of non-ortho nitro benzene ring substituents is 1. The number of aromatic nitrogens is 3. The van der Waals surface area contributed by atoms with Crippen LogP contribution in [-0.4, -0.2) is 25.6 Å². The van der Waals surface area contributed by atoms with Crippen molar-refractivity contribution < 1.29 is 9.72 Å². The predicted molar refractivity (Wildman–Crippen MR) is 123 cm³/mol. The monoisotopic (exact) mass is 441 g/mol. The number of benzene rings is 2. The maximum atomic E-state index is 12.9. The fourth-order valence-electron chi connectivity index (χ4n) is 3.30. The van der Waals surface area contributed by atoms with Crippen LogP contribution >= 0.6 is 0 Å². The van der Waals surface area contributed by atoms with Crippen molar-refractivity contribution in [1.29, 1.82) is 0 Å². The Morgan fingerprint density at radius 1 is 1.03 bits per heavy atom. The lowest BCUT2D eigenvalue weighted by Gasteiger charge is -2.11. The van der Waals surface area contributed by atoms with Crippen LogP contribution in [0.4, 0.5) is 5.69 Å². The summed E-state index contributed by atoms with van der Waals surface area (Å²) in [6, 6.07) is 18.4. The van der Waals surface area contributed by atoms with Crippen molar-refractivity contribution in [1.82, 2.24) is 20.1 Å². The zero-order valence-corrected chi connectivity index (χ0v) is 17.4. The number of rotatable bonds is 7. The summed E-state index contributed by atoms with van der Waals surface area (Å²) < 4.78 is 1.35. The van der Waals surface area contributed by atoms with E-state index in [-0.39, 0.29) is 30.2 Å². The maximum Gasteiger partial charge on any atom is 0.275 e. The summed E-state index contributed by atoms with van der Waals surface area (Å²) in [6.45, 7) is 0.331. The second kappa shape index (κ2) is 9.65. The number of fused-ring (bicyclic) bond motifs is 1. The fraction of sp³-hybridized carbons (Fsp3) is 0.0833. The number of nitro groups is 1. The summed E-state index contributed by atoms with van der Waals surface area (Å²) in [4.78, 5) is 39.7. The third-order valence-corrected chi connectivity index (χ3v) is 4.94. The van der Waals surface area contributed by atoms with Crippen LogP contribution in [0.5, 0.6) is 0 Å². The summed E-state index contributed by atoms with van der Waals surface area (Å²) >= 11 is 0. The third kappa shape index (κ3) is 5.16. The molecule has 2 aromatic heterocycles. The van der Waals surface area contributed by atoms with E-state index in [1.807, 2.05) is 18.2 Å². The Bertz CT molecular complexity index is 1400. The van der Waals surface area contributed by atoms with E-state index in [1.165, 1.54) is 22.9 Å². The molecular formula is C24H19N5O4. The standard InChI is InChI=1S/C24H19N5O4/c30-23(13-10-17-8-11-19(12-9-17)29(32)33)26-15-22-20-6-1-2-7-21(20)24(31)28(27-22)16-18-5-3-4-14-25-18/h1-14H,15-16H2,(H,26,30)/b13-10+. The van der Waals surface area contributed by atoms with Gasteiger partial charge in [0.2, 0.25) is 5.91 Å². The van der Waals surface area contributed by atoms with Crippen molar-refractivity contribution in [2.75, 3.05) is 0 Å². The van der Waals surface area contributed by atoms with E-state index in [1.54, 1.807) is 48.7 Å². The molecular weight excluding hydrogens is 422 g/mol. The second-order valence-electron chi connectivity index (χ2n) is 7.18. The molecule has 9 nitrogen and oxygen atoms in total. The first-order valence-corrected chi connectivity index (χ1v) is 10.1. The van der Waals surface area contributed by atoms with Crippen LogP contribution in [0, 0.1) is 10.1 Å². The van der Waals surface area contributed by atoms with E-state index in [0.29, 0.717) is 27.7 Å². The highest BCUT2D eigenvalue weighted by atomic mass is 16.6. The van der Waals surface area contributed by atoms with Crippen LogP contribution < -0.4 is 10.9 Å². The summed E-state index contributed by atoms with van der Waals surface area (Å²) in [5.41, 5.74) is 1.66. The molecule has 0 bridgehead atoms. The molecule has 0 aliphatic carbocycles. The van der Waals surface area contributed by atoms with Crippen LogP contribution in [0.15, 0.2) is 83.8 Å². The van der Waals surface area contributed by atoms with Crippen LogP contribution in [0.3, 0.4) is 0 Å². The Labute approximate surface area is 188 Å². The van der Waals surface area contributed by atoms with Crippen LogP contribution in [-0.2, 0) is 17.9 Å². The van der Waals surface area contributed by atoms with Gasteiger partial charge >= 0.3 is 0 Å². The van der Waals surface area contributed by atoms with Gasteiger partial charge < -0.3 is 5.32 Å². The van der Waals surface area contributed by atoms with Crippen LogP contribution in [0.2, 0.25) is 0 Å². The van der Waals surface area contributed by atoms with E-state index in [2.05, 4.69) is 15.4 Å². The Morgan fingerprint density at radius 3 is 2.45 bits per heavy atom. The van der Waals surface area contributed by atoms with E-state index in [0.717, 1.165) is 0 Å². The summed E-state index contributed by atoms with van der Waals surface area (Å²) in [5.74, 6) is -0.360. The van der Waals surface area contributed by atoms with Gasteiger partial charge in [-0.2, -0.15) is 5.10 Å². The molecule has 4 aromatic rings. The van der Waals surface area contributed by atoms with Gasteiger partial charge in [0.15, 0.2) is 0 Å². The molecule has 0 saturated carbocycles. The topological polar surface area (TPSA) is 120 Å². The van der Waals surface area contributed by atoms with E-state index >= 15 is 0 Å². The number of hydrogen-bond acceptors (Lipinski definition) is 6. The average Bonchev–Trinajstić information content (AvgIpc) is 2.84. The van der Waals surface area contributed by atoms with Gasteiger partial charge in [0.05, 0.1) is 34.8 Å². The molecule has 4 rings (SSSR count). The highest BCUT2D eigenvalue weighted by Gasteiger charge is 2.12. The van der Waals surface area contributed by atoms with Gasteiger partial charge in [-0.3, -0.25) is 24.7 Å². The highest BCUT2D eigenvalue weighted by Crippen LogP contribution is 2.14. The van der Waals surface area contributed by atoms with Crippen molar-refractivity contribution in [3.63, 3.8) is 0 Å². The lowest BCUT2D eigenvalue weighted by Crippen LogP contribution is -2.28. The molecule has 164 valence electrons. The van der Waals surface area contributed by atoms with Gasteiger partial charge in [-0.15, -0.1) is 0 Å². The Morgan fingerprint density at radius 2 is 1.76 bits per heavy atom. The maximum absolute atomic E-state index is 12.9. The normalized spacial score (nSPS) is 11.0. The quantitative estimate of drug-likeness (QED) is 0.267. The van der Waals surface area contributed by atoms with Crippen molar-refractivity contribution in [3.05, 3.63) is 116 Å². The first-order valence-electron chi connectivity index (χ1n) is 10.1. The Balaban J connectivity index is 1.52. The SMILES string of the molecule is O=C(/C=C/c1ccc([N+](=O)[O-])cc1)NCc1nn(Cc2ccccn2)c(=O)c2ccccc12. The first-order chi connectivity index (χ1) is 16.0. The summed E-state index contributed by atoms with van der Waals surface area (Å²) in [7, 11) is 0. The van der Waals surface area contributed by atoms with Gasteiger partial charge in [0, 0.05) is 29.8 Å². The number of carbonyl (C=O) groups is 1. The molecule has 1 amide bonds. The van der Waals surface area contributed by atoms with Crippen molar-refractivity contribution in [2.24, 2.45) is 0 Å². The number of nitro benzene ring substituents is 1.